The van der Waals surface area contributed by atoms with Crippen molar-refractivity contribution in [1.29, 1.82) is 0 Å². The molecular formula is C15H29N7O. The summed E-state index contributed by atoms with van der Waals surface area (Å²) in [7, 11) is 3.75. The number of carbonyl (C=O) groups is 1. The minimum absolute atomic E-state index is 0.0416. The Morgan fingerprint density at radius 3 is 2.48 bits per heavy atom. The lowest BCUT2D eigenvalue weighted by Crippen LogP contribution is -2.48. The number of aryl methyl sites for hydroxylation is 1. The third-order valence-corrected chi connectivity index (χ3v) is 3.14. The summed E-state index contributed by atoms with van der Waals surface area (Å²) in [5.41, 5.74) is -0.246. The maximum Gasteiger partial charge on any atom is 0.240 e. The van der Waals surface area contributed by atoms with E-state index in [0.29, 0.717) is 12.5 Å². The fraction of sp³-hybridized carbons (Fsp3) is 0.733. The Labute approximate surface area is 138 Å². The van der Waals surface area contributed by atoms with Gasteiger partial charge in [0, 0.05) is 26.2 Å². The van der Waals surface area contributed by atoms with Gasteiger partial charge in [0.25, 0.3) is 0 Å². The normalized spacial score (nSPS) is 12.2. The second kappa shape index (κ2) is 7.94. The molecule has 23 heavy (non-hydrogen) atoms. The molecule has 2 N–H and O–H groups in total. The Balaban J connectivity index is 2.74. The van der Waals surface area contributed by atoms with Crippen LogP contribution in [0.5, 0.6) is 0 Å². The summed E-state index contributed by atoms with van der Waals surface area (Å²) in [5, 5.41) is 14.2. The Hall–Kier alpha value is -2.12. The second-order valence-electron chi connectivity index (χ2n) is 6.55. The van der Waals surface area contributed by atoms with Crippen molar-refractivity contribution < 1.29 is 4.79 Å². The number of hydrogen-bond donors (Lipinski definition) is 2. The highest BCUT2D eigenvalue weighted by atomic mass is 16.2. The summed E-state index contributed by atoms with van der Waals surface area (Å²) in [6.45, 7) is 11.1. The molecule has 8 heteroatoms. The smallest absolute Gasteiger partial charge is 0.240 e. The van der Waals surface area contributed by atoms with Gasteiger partial charge in [-0.05, 0) is 34.6 Å². The molecule has 0 aliphatic carbocycles. The van der Waals surface area contributed by atoms with Crippen molar-refractivity contribution in [2.24, 2.45) is 12.0 Å². The van der Waals surface area contributed by atoms with Crippen molar-refractivity contribution in [1.82, 2.24) is 30.3 Å². The molecule has 1 aromatic heterocycles. The average Bonchev–Trinajstić information content (AvgIpc) is 2.72. The van der Waals surface area contributed by atoms with Gasteiger partial charge in [0.1, 0.15) is 12.4 Å². The van der Waals surface area contributed by atoms with Crippen LogP contribution in [0.4, 0.5) is 0 Å². The summed E-state index contributed by atoms with van der Waals surface area (Å²) in [5.74, 6) is 2.25. The van der Waals surface area contributed by atoms with Crippen LogP contribution < -0.4 is 10.6 Å². The molecule has 0 radical (unpaired) electrons. The van der Waals surface area contributed by atoms with Gasteiger partial charge in [-0.15, -0.1) is 10.2 Å². The molecule has 1 aromatic rings. The Bertz CT molecular complexity index is 557. The van der Waals surface area contributed by atoms with Gasteiger partial charge < -0.3 is 20.1 Å². The number of aromatic nitrogens is 3. The molecule has 0 saturated carbocycles. The van der Waals surface area contributed by atoms with E-state index in [-0.39, 0.29) is 18.0 Å². The summed E-state index contributed by atoms with van der Waals surface area (Å²) in [6, 6.07) is 0. The quantitative estimate of drug-likeness (QED) is 0.606. The predicted octanol–water partition coefficient (Wildman–Crippen LogP) is 0.436. The standard InChI is InChI=1S/C15H29N7O/c1-8-16-14(17-9-12-20-19-11(2)22(12)7)21(6)10-13(23)18-15(3,4)5/h8-10H2,1-7H3,(H,16,17)(H,18,23). The molecule has 0 saturated heterocycles. The van der Waals surface area contributed by atoms with Crippen LogP contribution in [-0.4, -0.2) is 57.2 Å². The third kappa shape index (κ3) is 6.25. The van der Waals surface area contributed by atoms with Crippen molar-refractivity contribution in [2.75, 3.05) is 20.1 Å². The maximum atomic E-state index is 12.0. The number of hydrogen-bond acceptors (Lipinski definition) is 4. The lowest BCUT2D eigenvalue weighted by atomic mass is 10.1. The number of nitrogens with zero attached hydrogens (tertiary/aromatic N) is 5. The number of amides is 1. The molecular weight excluding hydrogens is 294 g/mol. The molecule has 0 aromatic carbocycles. The minimum atomic E-state index is -0.246. The average molecular weight is 323 g/mol. The van der Waals surface area contributed by atoms with Crippen molar-refractivity contribution in [3.05, 3.63) is 11.6 Å². The van der Waals surface area contributed by atoms with Crippen molar-refractivity contribution in [2.45, 2.75) is 46.7 Å². The molecule has 1 rings (SSSR count). The topological polar surface area (TPSA) is 87.4 Å². The van der Waals surface area contributed by atoms with Gasteiger partial charge >= 0.3 is 0 Å². The first-order valence-corrected chi connectivity index (χ1v) is 7.79. The van der Waals surface area contributed by atoms with Gasteiger partial charge in [0.2, 0.25) is 5.91 Å². The minimum Gasteiger partial charge on any atom is -0.357 e. The molecule has 0 fully saturated rings. The second-order valence-corrected chi connectivity index (χ2v) is 6.55. The van der Waals surface area contributed by atoms with Crippen LogP contribution in [-0.2, 0) is 18.4 Å². The van der Waals surface area contributed by atoms with Crippen molar-refractivity contribution >= 4 is 11.9 Å². The summed E-state index contributed by atoms with van der Waals surface area (Å²) < 4.78 is 1.90. The molecule has 0 bridgehead atoms. The van der Waals surface area contributed by atoms with E-state index < -0.39 is 0 Å². The van der Waals surface area contributed by atoms with Gasteiger partial charge in [-0.2, -0.15) is 0 Å². The van der Waals surface area contributed by atoms with Gasteiger partial charge in [-0.25, -0.2) is 4.99 Å². The first-order chi connectivity index (χ1) is 10.6. The van der Waals surface area contributed by atoms with E-state index in [0.717, 1.165) is 18.2 Å². The highest BCUT2D eigenvalue weighted by Crippen LogP contribution is 2.01. The zero-order chi connectivity index (χ0) is 17.6. The highest BCUT2D eigenvalue weighted by molar-refractivity contribution is 5.86. The maximum absolute atomic E-state index is 12.0. The van der Waals surface area contributed by atoms with Crippen LogP contribution in [0.1, 0.15) is 39.3 Å². The van der Waals surface area contributed by atoms with Gasteiger partial charge in [-0.3, -0.25) is 4.79 Å². The number of carbonyl (C=O) groups excluding carboxylic acids is 1. The van der Waals surface area contributed by atoms with E-state index in [9.17, 15) is 4.79 Å². The summed E-state index contributed by atoms with van der Waals surface area (Å²) >= 11 is 0. The fourth-order valence-electron chi connectivity index (χ4n) is 1.95. The lowest BCUT2D eigenvalue weighted by molar-refractivity contribution is -0.122. The third-order valence-electron chi connectivity index (χ3n) is 3.14. The lowest BCUT2D eigenvalue weighted by Gasteiger charge is -2.25. The molecule has 1 heterocycles. The first kappa shape index (κ1) is 18.9. The van der Waals surface area contributed by atoms with Gasteiger partial charge in [-0.1, -0.05) is 0 Å². The monoisotopic (exact) mass is 323 g/mol. The number of guanidine groups is 1. The zero-order valence-corrected chi connectivity index (χ0v) is 15.3. The molecule has 0 unspecified atom stereocenters. The predicted molar refractivity (Wildman–Crippen MR) is 91.1 cm³/mol. The molecule has 0 aliphatic rings. The van der Waals surface area contributed by atoms with Crippen LogP contribution in [0.25, 0.3) is 0 Å². The number of nitrogens with one attached hydrogen (secondary N) is 2. The van der Waals surface area contributed by atoms with E-state index >= 15 is 0 Å². The van der Waals surface area contributed by atoms with E-state index in [4.69, 9.17) is 0 Å². The van der Waals surface area contributed by atoms with E-state index in [1.165, 1.54) is 0 Å². The first-order valence-electron chi connectivity index (χ1n) is 7.79. The summed E-state index contributed by atoms with van der Waals surface area (Å²) in [6.07, 6.45) is 0. The van der Waals surface area contributed by atoms with Crippen LogP contribution in [0, 0.1) is 6.92 Å². The van der Waals surface area contributed by atoms with Gasteiger partial charge in [0.15, 0.2) is 11.8 Å². The van der Waals surface area contributed by atoms with E-state index in [2.05, 4.69) is 25.8 Å². The number of rotatable bonds is 5. The SMILES string of the molecule is CCNC(=NCc1nnc(C)n1C)N(C)CC(=O)NC(C)(C)C. The number of aliphatic imine (C=N–C) groups is 1. The largest absolute Gasteiger partial charge is 0.357 e. The van der Waals surface area contributed by atoms with Crippen LogP contribution in [0.2, 0.25) is 0 Å². The Morgan fingerprint density at radius 1 is 1.35 bits per heavy atom. The molecule has 130 valence electrons. The number of likely N-dealkylation sites (N-methyl/N-ethyl adjacent to an activating group) is 1. The molecule has 0 spiro atoms. The van der Waals surface area contributed by atoms with Gasteiger partial charge in [0.05, 0.1) is 6.54 Å². The molecule has 0 aliphatic heterocycles. The van der Waals surface area contributed by atoms with Crippen LogP contribution >= 0.6 is 0 Å². The zero-order valence-electron chi connectivity index (χ0n) is 15.3. The van der Waals surface area contributed by atoms with E-state index in [1.807, 2.05) is 53.3 Å². The Morgan fingerprint density at radius 2 is 2.00 bits per heavy atom. The van der Waals surface area contributed by atoms with Crippen molar-refractivity contribution in [3.8, 4) is 0 Å². The highest BCUT2D eigenvalue weighted by Gasteiger charge is 2.17. The Kier molecular flexibility index (Phi) is 6.53. The van der Waals surface area contributed by atoms with Crippen LogP contribution in [0.3, 0.4) is 0 Å². The van der Waals surface area contributed by atoms with Crippen molar-refractivity contribution in [3.63, 3.8) is 0 Å². The molecule has 1 amide bonds. The van der Waals surface area contributed by atoms with E-state index in [1.54, 1.807) is 4.90 Å². The molecule has 0 atom stereocenters. The summed E-state index contributed by atoms with van der Waals surface area (Å²) in [4.78, 5) is 18.4. The fourth-order valence-corrected chi connectivity index (χ4v) is 1.95. The molecule has 8 nitrogen and oxygen atoms in total. The van der Waals surface area contributed by atoms with Crippen LogP contribution in [0.15, 0.2) is 4.99 Å².